The van der Waals surface area contributed by atoms with Gasteiger partial charge in [0.2, 0.25) is 0 Å². The van der Waals surface area contributed by atoms with Gasteiger partial charge in [-0.05, 0) is 42.1 Å². The topological polar surface area (TPSA) is 46.9 Å². The van der Waals surface area contributed by atoms with E-state index in [1.807, 2.05) is 35.8 Å². The van der Waals surface area contributed by atoms with Gasteiger partial charge >= 0.3 is 0 Å². The minimum absolute atomic E-state index is 0.00813. The monoisotopic (exact) mass is 309 g/mol. The number of aromatic nitrogens is 2. The minimum atomic E-state index is 0.00813. The second-order valence-electron chi connectivity index (χ2n) is 5.25. The SMILES string of the molecule is O=C(c1cccs1)n1cc(C2=CCNCC2)c2ncccc21. The Bertz CT molecular complexity index is 861. The average molecular weight is 309 g/mol. The number of rotatable bonds is 2. The summed E-state index contributed by atoms with van der Waals surface area (Å²) >= 11 is 1.46. The first-order valence-corrected chi connectivity index (χ1v) is 8.17. The number of thiophene rings is 1. The van der Waals surface area contributed by atoms with Gasteiger partial charge in [0, 0.05) is 24.5 Å². The Labute approximate surface area is 132 Å². The highest BCUT2D eigenvalue weighted by atomic mass is 32.1. The molecule has 0 bridgehead atoms. The highest BCUT2D eigenvalue weighted by molar-refractivity contribution is 7.12. The van der Waals surface area contributed by atoms with Crippen LogP contribution in [0.1, 0.15) is 21.7 Å². The predicted octanol–water partition coefficient (Wildman–Crippen LogP) is 3.16. The molecule has 5 heteroatoms. The summed E-state index contributed by atoms with van der Waals surface area (Å²) in [7, 11) is 0. The summed E-state index contributed by atoms with van der Waals surface area (Å²) in [5, 5.41) is 5.24. The quantitative estimate of drug-likeness (QED) is 0.791. The van der Waals surface area contributed by atoms with Gasteiger partial charge in [-0.3, -0.25) is 14.3 Å². The molecule has 0 atom stereocenters. The maximum Gasteiger partial charge on any atom is 0.272 e. The van der Waals surface area contributed by atoms with Crippen molar-refractivity contribution < 1.29 is 4.79 Å². The summed E-state index contributed by atoms with van der Waals surface area (Å²) in [5.74, 6) is 0.00813. The third-order valence-corrected chi connectivity index (χ3v) is 4.78. The Hall–Kier alpha value is -2.24. The molecule has 0 unspecified atom stereocenters. The molecule has 3 aromatic heterocycles. The van der Waals surface area contributed by atoms with Gasteiger partial charge in [-0.15, -0.1) is 11.3 Å². The molecule has 22 heavy (non-hydrogen) atoms. The van der Waals surface area contributed by atoms with E-state index in [9.17, 15) is 4.79 Å². The molecule has 3 aromatic rings. The molecular weight excluding hydrogens is 294 g/mol. The van der Waals surface area contributed by atoms with Crippen LogP contribution < -0.4 is 5.32 Å². The second-order valence-corrected chi connectivity index (χ2v) is 6.20. The van der Waals surface area contributed by atoms with Crippen LogP contribution in [0.3, 0.4) is 0 Å². The Morgan fingerprint density at radius 3 is 3.05 bits per heavy atom. The second kappa shape index (κ2) is 5.51. The number of hydrogen-bond donors (Lipinski definition) is 1. The smallest absolute Gasteiger partial charge is 0.272 e. The molecule has 1 aliphatic rings. The van der Waals surface area contributed by atoms with Crippen molar-refractivity contribution in [2.24, 2.45) is 0 Å². The molecule has 0 aromatic carbocycles. The molecule has 1 N–H and O–H groups in total. The van der Waals surface area contributed by atoms with Gasteiger partial charge in [-0.2, -0.15) is 0 Å². The molecule has 0 spiro atoms. The Balaban J connectivity index is 1.89. The van der Waals surface area contributed by atoms with Crippen LogP contribution >= 0.6 is 11.3 Å². The zero-order valence-electron chi connectivity index (χ0n) is 12.0. The normalized spacial score (nSPS) is 15.0. The number of hydrogen-bond acceptors (Lipinski definition) is 4. The van der Waals surface area contributed by atoms with Gasteiger partial charge in [0.25, 0.3) is 5.91 Å². The van der Waals surface area contributed by atoms with Crippen molar-refractivity contribution in [1.82, 2.24) is 14.9 Å². The van der Waals surface area contributed by atoms with Gasteiger partial charge in [0.15, 0.2) is 0 Å². The summed E-state index contributed by atoms with van der Waals surface area (Å²) < 4.78 is 1.73. The lowest BCUT2D eigenvalue weighted by Crippen LogP contribution is -2.20. The van der Waals surface area contributed by atoms with E-state index in [4.69, 9.17) is 0 Å². The van der Waals surface area contributed by atoms with Gasteiger partial charge in [-0.1, -0.05) is 12.1 Å². The number of nitrogens with one attached hydrogen (secondary N) is 1. The van der Waals surface area contributed by atoms with Crippen molar-refractivity contribution in [2.45, 2.75) is 6.42 Å². The van der Waals surface area contributed by atoms with Crippen LogP contribution in [0.25, 0.3) is 16.6 Å². The largest absolute Gasteiger partial charge is 0.313 e. The predicted molar refractivity (Wildman–Crippen MR) is 89.2 cm³/mol. The fourth-order valence-electron chi connectivity index (χ4n) is 2.85. The molecule has 0 amide bonds. The lowest BCUT2D eigenvalue weighted by Gasteiger charge is -2.12. The van der Waals surface area contributed by atoms with Crippen molar-refractivity contribution in [1.29, 1.82) is 0 Å². The number of carbonyl (C=O) groups excluding carboxylic acids is 1. The molecular formula is C17H15N3OS. The molecule has 4 rings (SSSR count). The van der Waals surface area contributed by atoms with E-state index in [0.29, 0.717) is 0 Å². The first-order chi connectivity index (χ1) is 10.8. The van der Waals surface area contributed by atoms with E-state index in [1.54, 1.807) is 10.8 Å². The average Bonchev–Trinajstić information content (AvgIpc) is 3.23. The fraction of sp³-hybridized carbons (Fsp3) is 0.176. The van der Waals surface area contributed by atoms with Gasteiger partial charge in [-0.25, -0.2) is 0 Å². The van der Waals surface area contributed by atoms with E-state index >= 15 is 0 Å². The van der Waals surface area contributed by atoms with E-state index in [0.717, 1.165) is 41.0 Å². The van der Waals surface area contributed by atoms with Crippen LogP contribution in [0.15, 0.2) is 48.1 Å². The zero-order valence-corrected chi connectivity index (χ0v) is 12.8. The summed E-state index contributed by atoms with van der Waals surface area (Å²) in [6.45, 7) is 1.83. The van der Waals surface area contributed by atoms with Crippen molar-refractivity contribution >= 4 is 33.9 Å². The van der Waals surface area contributed by atoms with E-state index in [2.05, 4.69) is 16.4 Å². The maximum atomic E-state index is 12.7. The molecule has 0 fully saturated rings. The van der Waals surface area contributed by atoms with Crippen molar-refractivity contribution in [3.8, 4) is 0 Å². The van der Waals surface area contributed by atoms with Crippen molar-refractivity contribution in [2.75, 3.05) is 13.1 Å². The fourth-order valence-corrected chi connectivity index (χ4v) is 3.51. The van der Waals surface area contributed by atoms with Gasteiger partial charge in [0.05, 0.1) is 15.9 Å². The third-order valence-electron chi connectivity index (χ3n) is 3.92. The summed E-state index contributed by atoms with van der Waals surface area (Å²) in [4.78, 5) is 18.0. The number of fused-ring (bicyclic) bond motifs is 1. The van der Waals surface area contributed by atoms with Gasteiger partial charge in [0.1, 0.15) is 0 Å². The number of nitrogens with zero attached hydrogens (tertiary/aromatic N) is 2. The van der Waals surface area contributed by atoms with Crippen LogP contribution in [-0.2, 0) is 0 Å². The first kappa shape index (κ1) is 13.4. The zero-order chi connectivity index (χ0) is 14.9. The first-order valence-electron chi connectivity index (χ1n) is 7.29. The Morgan fingerprint density at radius 1 is 1.32 bits per heavy atom. The molecule has 0 radical (unpaired) electrons. The van der Waals surface area contributed by atoms with Crippen LogP contribution in [0.4, 0.5) is 0 Å². The molecule has 0 saturated carbocycles. The van der Waals surface area contributed by atoms with Crippen LogP contribution in [-0.4, -0.2) is 28.5 Å². The molecule has 0 saturated heterocycles. The standard InChI is InChI=1S/C17H15N3OS/c21-17(15-4-2-10-22-15)20-11-13(12-5-8-18-9-6-12)16-14(20)3-1-7-19-16/h1-5,7,10-11,18H,6,8-9H2. The third kappa shape index (κ3) is 2.19. The number of carbonyl (C=O) groups is 1. The number of pyridine rings is 1. The van der Waals surface area contributed by atoms with E-state index in [1.165, 1.54) is 16.9 Å². The minimum Gasteiger partial charge on any atom is -0.313 e. The van der Waals surface area contributed by atoms with Gasteiger partial charge < -0.3 is 5.32 Å². The summed E-state index contributed by atoms with van der Waals surface area (Å²) in [6, 6.07) is 7.59. The van der Waals surface area contributed by atoms with Crippen LogP contribution in [0, 0.1) is 0 Å². The van der Waals surface area contributed by atoms with E-state index in [-0.39, 0.29) is 5.91 Å². The lowest BCUT2D eigenvalue weighted by molar-refractivity contribution is 0.0969. The molecule has 4 nitrogen and oxygen atoms in total. The molecule has 0 aliphatic carbocycles. The van der Waals surface area contributed by atoms with Crippen LogP contribution in [0.5, 0.6) is 0 Å². The summed E-state index contributed by atoms with van der Waals surface area (Å²) in [6.07, 6.45) is 6.88. The van der Waals surface area contributed by atoms with Crippen molar-refractivity contribution in [3.63, 3.8) is 0 Å². The Kier molecular flexibility index (Phi) is 3.36. The highest BCUT2D eigenvalue weighted by Crippen LogP contribution is 2.29. The summed E-state index contributed by atoms with van der Waals surface area (Å²) in [5.41, 5.74) is 4.11. The maximum absolute atomic E-state index is 12.7. The van der Waals surface area contributed by atoms with Crippen LogP contribution in [0.2, 0.25) is 0 Å². The van der Waals surface area contributed by atoms with E-state index < -0.39 is 0 Å². The lowest BCUT2D eigenvalue weighted by atomic mass is 10.0. The Morgan fingerprint density at radius 2 is 2.27 bits per heavy atom. The molecule has 4 heterocycles. The molecule has 1 aliphatic heterocycles. The van der Waals surface area contributed by atoms with Crippen molar-refractivity contribution in [3.05, 3.63) is 58.6 Å². The highest BCUT2D eigenvalue weighted by Gasteiger charge is 2.19. The molecule has 110 valence electrons.